The van der Waals surface area contributed by atoms with Crippen LogP contribution in [0.2, 0.25) is 0 Å². The summed E-state index contributed by atoms with van der Waals surface area (Å²) in [6.07, 6.45) is 1.99. The number of rotatable bonds is 5. The molecular weight excluding hydrogens is 268 g/mol. The average Bonchev–Trinajstić information content (AvgIpc) is 2.71. The van der Waals surface area contributed by atoms with Crippen molar-refractivity contribution in [3.63, 3.8) is 0 Å². The van der Waals surface area contributed by atoms with Gasteiger partial charge in [0.1, 0.15) is 12.1 Å². The lowest BCUT2D eigenvalue weighted by Gasteiger charge is -2.18. The third-order valence-electron chi connectivity index (χ3n) is 3.56. The molecule has 0 radical (unpaired) electrons. The molecule has 0 aliphatic carbocycles. The van der Waals surface area contributed by atoms with E-state index in [1.54, 1.807) is 6.92 Å². The molecule has 0 aromatic heterocycles. The highest BCUT2D eigenvalue weighted by Gasteiger charge is 2.24. The molecule has 5 heteroatoms. The lowest BCUT2D eigenvalue weighted by Crippen LogP contribution is -2.48. The fourth-order valence-electron chi connectivity index (χ4n) is 2.24. The van der Waals surface area contributed by atoms with Gasteiger partial charge in [-0.3, -0.25) is 9.59 Å². The Balaban J connectivity index is 1.80. The molecule has 1 saturated heterocycles. The maximum Gasteiger partial charge on any atom is 0.249 e. The molecule has 1 aromatic carbocycles. The molecule has 0 spiro atoms. The summed E-state index contributed by atoms with van der Waals surface area (Å²) in [5, 5.41) is 5.57. The van der Waals surface area contributed by atoms with Gasteiger partial charge in [-0.2, -0.15) is 0 Å². The quantitative estimate of drug-likeness (QED) is 0.861. The first kappa shape index (κ1) is 15.5. The predicted octanol–water partition coefficient (Wildman–Crippen LogP) is 1.38. The normalized spacial score (nSPS) is 20.2. The molecular formula is C16H22N2O3. The van der Waals surface area contributed by atoms with E-state index < -0.39 is 12.1 Å². The van der Waals surface area contributed by atoms with E-state index in [0.29, 0.717) is 19.6 Å². The Morgan fingerprint density at radius 2 is 2.14 bits per heavy atom. The number of nitrogens with one attached hydrogen (secondary N) is 2. The SMILES string of the molecule is C[C@@H](OCc1ccccc1)C(=O)N[C@H]1CCCCNC1=O. The number of amides is 2. The molecule has 1 aliphatic rings. The lowest BCUT2D eigenvalue weighted by molar-refractivity contribution is -0.136. The summed E-state index contributed by atoms with van der Waals surface area (Å²) >= 11 is 0. The highest BCUT2D eigenvalue weighted by Crippen LogP contribution is 2.07. The second-order valence-electron chi connectivity index (χ2n) is 5.29. The van der Waals surface area contributed by atoms with Gasteiger partial charge in [0.25, 0.3) is 0 Å². The minimum Gasteiger partial charge on any atom is -0.364 e. The third-order valence-corrected chi connectivity index (χ3v) is 3.56. The van der Waals surface area contributed by atoms with E-state index in [-0.39, 0.29) is 11.8 Å². The Kier molecular flexibility index (Phi) is 5.75. The number of hydrogen-bond donors (Lipinski definition) is 2. The van der Waals surface area contributed by atoms with Crippen LogP contribution in [0.1, 0.15) is 31.7 Å². The fraction of sp³-hybridized carbons (Fsp3) is 0.500. The summed E-state index contributed by atoms with van der Waals surface area (Å²) in [6.45, 7) is 2.77. The third kappa shape index (κ3) is 4.86. The van der Waals surface area contributed by atoms with Gasteiger partial charge in [-0.05, 0) is 31.7 Å². The molecule has 5 nitrogen and oxygen atoms in total. The van der Waals surface area contributed by atoms with Crippen molar-refractivity contribution in [2.24, 2.45) is 0 Å². The first-order valence-corrected chi connectivity index (χ1v) is 7.40. The molecule has 0 saturated carbocycles. The van der Waals surface area contributed by atoms with Crippen molar-refractivity contribution in [1.82, 2.24) is 10.6 Å². The first-order valence-electron chi connectivity index (χ1n) is 7.40. The number of benzene rings is 1. The average molecular weight is 290 g/mol. The Bertz CT molecular complexity index is 476. The molecule has 1 fully saturated rings. The van der Waals surface area contributed by atoms with Crippen molar-refractivity contribution >= 4 is 11.8 Å². The van der Waals surface area contributed by atoms with E-state index in [1.807, 2.05) is 30.3 Å². The molecule has 1 aromatic rings. The van der Waals surface area contributed by atoms with Crippen molar-refractivity contribution in [2.75, 3.05) is 6.54 Å². The van der Waals surface area contributed by atoms with Crippen molar-refractivity contribution < 1.29 is 14.3 Å². The van der Waals surface area contributed by atoms with Gasteiger partial charge >= 0.3 is 0 Å². The Morgan fingerprint density at radius 1 is 1.38 bits per heavy atom. The van der Waals surface area contributed by atoms with E-state index in [2.05, 4.69) is 10.6 Å². The van der Waals surface area contributed by atoms with Gasteiger partial charge in [0.05, 0.1) is 6.61 Å². The maximum absolute atomic E-state index is 12.1. The van der Waals surface area contributed by atoms with E-state index in [9.17, 15) is 9.59 Å². The molecule has 114 valence electrons. The maximum atomic E-state index is 12.1. The van der Waals surface area contributed by atoms with Gasteiger partial charge in [-0.15, -0.1) is 0 Å². The molecule has 2 rings (SSSR count). The van der Waals surface area contributed by atoms with Crippen LogP contribution in [0.4, 0.5) is 0 Å². The summed E-state index contributed by atoms with van der Waals surface area (Å²) in [4.78, 5) is 23.9. The smallest absolute Gasteiger partial charge is 0.249 e. The van der Waals surface area contributed by atoms with Crippen LogP contribution < -0.4 is 10.6 Å². The second kappa shape index (κ2) is 7.78. The first-order chi connectivity index (χ1) is 10.2. The summed E-state index contributed by atoms with van der Waals surface area (Å²) < 4.78 is 5.55. The van der Waals surface area contributed by atoms with Crippen LogP contribution in [0.15, 0.2) is 30.3 Å². The second-order valence-corrected chi connectivity index (χ2v) is 5.29. The van der Waals surface area contributed by atoms with Crippen molar-refractivity contribution in [2.45, 2.75) is 44.9 Å². The van der Waals surface area contributed by atoms with Gasteiger partial charge < -0.3 is 15.4 Å². The van der Waals surface area contributed by atoms with Gasteiger partial charge in [-0.25, -0.2) is 0 Å². The van der Waals surface area contributed by atoms with Gasteiger partial charge in [0, 0.05) is 6.54 Å². The molecule has 1 aliphatic heterocycles. The topological polar surface area (TPSA) is 67.4 Å². The lowest BCUT2D eigenvalue weighted by atomic mass is 10.1. The van der Waals surface area contributed by atoms with Crippen LogP contribution in [0, 0.1) is 0 Å². The highest BCUT2D eigenvalue weighted by atomic mass is 16.5. The zero-order valence-electron chi connectivity index (χ0n) is 12.3. The zero-order valence-corrected chi connectivity index (χ0v) is 12.3. The molecule has 0 bridgehead atoms. The summed E-state index contributed by atoms with van der Waals surface area (Å²) in [6, 6.07) is 9.25. The largest absolute Gasteiger partial charge is 0.364 e. The minimum atomic E-state index is -0.582. The van der Waals surface area contributed by atoms with Crippen LogP contribution in [-0.4, -0.2) is 30.5 Å². The number of carbonyl (C=O) groups excluding carboxylic acids is 2. The van der Waals surface area contributed by atoms with Crippen LogP contribution in [0.3, 0.4) is 0 Å². The molecule has 21 heavy (non-hydrogen) atoms. The van der Waals surface area contributed by atoms with Crippen LogP contribution in [0.5, 0.6) is 0 Å². The molecule has 2 atom stereocenters. The van der Waals surface area contributed by atoms with Gasteiger partial charge in [0.2, 0.25) is 11.8 Å². The van der Waals surface area contributed by atoms with E-state index in [0.717, 1.165) is 18.4 Å². The van der Waals surface area contributed by atoms with Gasteiger partial charge in [0.15, 0.2) is 0 Å². The van der Waals surface area contributed by atoms with Crippen molar-refractivity contribution in [3.8, 4) is 0 Å². The molecule has 0 unspecified atom stereocenters. The van der Waals surface area contributed by atoms with Crippen LogP contribution >= 0.6 is 0 Å². The minimum absolute atomic E-state index is 0.101. The van der Waals surface area contributed by atoms with Crippen molar-refractivity contribution in [3.05, 3.63) is 35.9 Å². The summed E-state index contributed by atoms with van der Waals surface area (Å²) in [7, 11) is 0. The molecule has 2 N–H and O–H groups in total. The molecule has 2 amide bonds. The Hall–Kier alpha value is -1.88. The number of carbonyl (C=O) groups is 2. The van der Waals surface area contributed by atoms with Crippen LogP contribution in [-0.2, 0) is 20.9 Å². The molecule has 1 heterocycles. The van der Waals surface area contributed by atoms with E-state index in [1.165, 1.54) is 0 Å². The number of hydrogen-bond acceptors (Lipinski definition) is 3. The summed E-state index contributed by atoms with van der Waals surface area (Å²) in [5.74, 6) is -0.343. The van der Waals surface area contributed by atoms with E-state index in [4.69, 9.17) is 4.74 Å². The fourth-order valence-corrected chi connectivity index (χ4v) is 2.24. The predicted molar refractivity (Wildman–Crippen MR) is 79.5 cm³/mol. The monoisotopic (exact) mass is 290 g/mol. The number of ether oxygens (including phenoxy) is 1. The highest BCUT2D eigenvalue weighted by molar-refractivity contribution is 5.89. The van der Waals surface area contributed by atoms with Crippen LogP contribution in [0.25, 0.3) is 0 Å². The standard InChI is InChI=1S/C16H22N2O3/c1-12(21-11-13-7-3-2-4-8-13)15(19)18-14-9-5-6-10-17-16(14)20/h2-4,7-8,12,14H,5-6,9-11H2,1H3,(H,17,20)(H,18,19)/t12-,14+/m1/s1. The summed E-state index contributed by atoms with van der Waals surface area (Å²) in [5.41, 5.74) is 1.02. The zero-order chi connectivity index (χ0) is 15.1. The Labute approximate surface area is 125 Å². The van der Waals surface area contributed by atoms with Gasteiger partial charge in [-0.1, -0.05) is 30.3 Å². The van der Waals surface area contributed by atoms with E-state index >= 15 is 0 Å². The van der Waals surface area contributed by atoms with Crippen molar-refractivity contribution in [1.29, 1.82) is 0 Å². The Morgan fingerprint density at radius 3 is 2.90 bits per heavy atom.